The summed E-state index contributed by atoms with van der Waals surface area (Å²) in [6.07, 6.45) is 3.26. The van der Waals surface area contributed by atoms with Crippen molar-refractivity contribution in [3.8, 4) is 6.07 Å². The van der Waals surface area contributed by atoms with Gasteiger partial charge in [-0.2, -0.15) is 16.6 Å². The summed E-state index contributed by atoms with van der Waals surface area (Å²) < 4.78 is 5.99. The van der Waals surface area contributed by atoms with Gasteiger partial charge >= 0.3 is 0 Å². The Bertz CT molecular complexity index is 622. The highest BCUT2D eigenvalue weighted by Gasteiger charge is 2.28. The van der Waals surface area contributed by atoms with E-state index in [4.69, 9.17) is 10.00 Å². The smallest absolute Gasteiger partial charge is 0.183 e. The zero-order valence-corrected chi connectivity index (χ0v) is 11.9. The van der Waals surface area contributed by atoms with Gasteiger partial charge in [0.25, 0.3) is 0 Å². The first-order valence-corrected chi connectivity index (χ1v) is 7.36. The molecule has 1 saturated heterocycles. The first-order chi connectivity index (χ1) is 9.78. The Hall–Kier alpha value is -1.97. The molecule has 0 spiro atoms. The molecule has 2 aromatic heterocycles. The van der Waals surface area contributed by atoms with Crippen molar-refractivity contribution in [2.24, 2.45) is 0 Å². The average molecular weight is 286 g/mol. The minimum atomic E-state index is 0.0125. The fourth-order valence-corrected chi connectivity index (χ4v) is 3.11. The Morgan fingerprint density at radius 2 is 2.25 bits per heavy atom. The van der Waals surface area contributed by atoms with Crippen molar-refractivity contribution in [1.82, 2.24) is 9.97 Å². The topological polar surface area (TPSA) is 62.0 Å². The van der Waals surface area contributed by atoms with E-state index in [0.717, 1.165) is 0 Å². The molecule has 1 fully saturated rings. The number of hydrogen-bond donors (Lipinski definition) is 0. The van der Waals surface area contributed by atoms with Gasteiger partial charge in [-0.25, -0.2) is 9.97 Å². The lowest BCUT2D eigenvalue weighted by atomic mass is 10.1. The molecule has 0 amide bonds. The molecular formula is C14H14N4OS. The molecule has 5 nitrogen and oxygen atoms in total. The minimum Gasteiger partial charge on any atom is -0.367 e. The normalized spacial score (nSPS) is 22.5. The maximum absolute atomic E-state index is 9.16. The molecule has 6 heteroatoms. The number of thiophene rings is 1. The second-order valence-electron chi connectivity index (χ2n) is 4.74. The molecule has 2 unspecified atom stereocenters. The summed E-state index contributed by atoms with van der Waals surface area (Å²) >= 11 is 1.66. The standard InChI is InChI=1S/C14H14N4OS/c1-10-7-18(14-12(6-15)16-3-4-17-14)8-13(19-10)11-2-5-20-9-11/h2-5,9-10,13H,7-8H2,1H3. The molecule has 3 rings (SSSR count). The van der Waals surface area contributed by atoms with Crippen molar-refractivity contribution in [3.63, 3.8) is 0 Å². The van der Waals surface area contributed by atoms with E-state index < -0.39 is 0 Å². The van der Waals surface area contributed by atoms with Gasteiger partial charge in [-0.1, -0.05) is 0 Å². The number of nitriles is 1. The van der Waals surface area contributed by atoms with Crippen LogP contribution in [0.15, 0.2) is 29.2 Å². The summed E-state index contributed by atoms with van der Waals surface area (Å²) in [4.78, 5) is 10.5. The van der Waals surface area contributed by atoms with Gasteiger partial charge in [-0.05, 0) is 29.3 Å². The van der Waals surface area contributed by atoms with Crippen molar-refractivity contribution in [1.29, 1.82) is 5.26 Å². The molecule has 0 radical (unpaired) electrons. The number of rotatable bonds is 2. The second kappa shape index (κ2) is 5.57. The van der Waals surface area contributed by atoms with E-state index in [1.807, 2.05) is 12.3 Å². The monoisotopic (exact) mass is 286 g/mol. The molecular weight excluding hydrogens is 272 g/mol. The summed E-state index contributed by atoms with van der Waals surface area (Å²) in [6, 6.07) is 4.18. The van der Waals surface area contributed by atoms with E-state index in [-0.39, 0.29) is 12.2 Å². The Balaban J connectivity index is 1.88. The molecule has 102 valence electrons. The quantitative estimate of drug-likeness (QED) is 0.848. The Labute approximate surface area is 121 Å². The molecule has 0 aromatic carbocycles. The SMILES string of the molecule is CC1CN(c2nccnc2C#N)CC(c2ccsc2)O1. The fourth-order valence-electron chi connectivity index (χ4n) is 2.41. The molecule has 20 heavy (non-hydrogen) atoms. The van der Waals surface area contributed by atoms with Gasteiger partial charge in [0.2, 0.25) is 0 Å². The molecule has 1 aliphatic heterocycles. The molecule has 0 N–H and O–H groups in total. The second-order valence-corrected chi connectivity index (χ2v) is 5.52. The predicted octanol–water partition coefficient (Wildman–Crippen LogP) is 2.38. The van der Waals surface area contributed by atoms with Gasteiger partial charge in [0.15, 0.2) is 11.5 Å². The fraction of sp³-hybridized carbons (Fsp3) is 0.357. The van der Waals surface area contributed by atoms with E-state index in [9.17, 15) is 0 Å². The lowest BCUT2D eigenvalue weighted by molar-refractivity contribution is -0.0174. The minimum absolute atomic E-state index is 0.0125. The van der Waals surface area contributed by atoms with E-state index in [1.54, 1.807) is 23.7 Å². The highest BCUT2D eigenvalue weighted by molar-refractivity contribution is 7.07. The number of anilines is 1. The zero-order valence-electron chi connectivity index (χ0n) is 11.1. The van der Waals surface area contributed by atoms with Crippen LogP contribution >= 0.6 is 11.3 Å². The molecule has 2 aromatic rings. The lowest BCUT2D eigenvalue weighted by Gasteiger charge is -2.37. The zero-order chi connectivity index (χ0) is 13.9. The van der Waals surface area contributed by atoms with Gasteiger partial charge in [0.05, 0.1) is 12.6 Å². The third-order valence-electron chi connectivity index (χ3n) is 3.26. The van der Waals surface area contributed by atoms with Crippen LogP contribution < -0.4 is 4.90 Å². The van der Waals surface area contributed by atoms with Crippen LogP contribution in [-0.4, -0.2) is 29.2 Å². The van der Waals surface area contributed by atoms with Gasteiger partial charge in [-0.15, -0.1) is 0 Å². The van der Waals surface area contributed by atoms with E-state index in [2.05, 4.69) is 32.4 Å². The van der Waals surface area contributed by atoms with Crippen LogP contribution in [0.3, 0.4) is 0 Å². The maximum Gasteiger partial charge on any atom is 0.183 e. The number of ether oxygens (including phenoxy) is 1. The van der Waals surface area contributed by atoms with Gasteiger partial charge < -0.3 is 9.64 Å². The first-order valence-electron chi connectivity index (χ1n) is 6.41. The maximum atomic E-state index is 9.16. The Morgan fingerprint density at radius 1 is 1.40 bits per heavy atom. The Kier molecular flexibility index (Phi) is 3.63. The van der Waals surface area contributed by atoms with Crippen molar-refractivity contribution >= 4 is 17.2 Å². The van der Waals surface area contributed by atoms with Crippen LogP contribution in [0.25, 0.3) is 0 Å². The van der Waals surface area contributed by atoms with Crippen LogP contribution in [0, 0.1) is 11.3 Å². The first kappa shape index (κ1) is 13.0. The van der Waals surface area contributed by atoms with E-state index >= 15 is 0 Å². The van der Waals surface area contributed by atoms with Gasteiger partial charge in [-0.3, -0.25) is 0 Å². The summed E-state index contributed by atoms with van der Waals surface area (Å²) in [5.41, 5.74) is 1.54. The largest absolute Gasteiger partial charge is 0.367 e. The van der Waals surface area contributed by atoms with Crippen molar-refractivity contribution < 1.29 is 4.74 Å². The van der Waals surface area contributed by atoms with Crippen LogP contribution in [0.4, 0.5) is 5.82 Å². The van der Waals surface area contributed by atoms with Crippen molar-refractivity contribution in [2.45, 2.75) is 19.1 Å². The van der Waals surface area contributed by atoms with Crippen LogP contribution in [0.1, 0.15) is 24.3 Å². The predicted molar refractivity (Wildman–Crippen MR) is 76.6 cm³/mol. The average Bonchev–Trinajstić information content (AvgIpc) is 3.01. The molecule has 3 heterocycles. The van der Waals surface area contributed by atoms with E-state index in [0.29, 0.717) is 24.6 Å². The summed E-state index contributed by atoms with van der Waals surface area (Å²) in [6.45, 7) is 3.44. The lowest BCUT2D eigenvalue weighted by Crippen LogP contribution is -2.43. The van der Waals surface area contributed by atoms with E-state index in [1.165, 1.54) is 5.56 Å². The number of hydrogen-bond acceptors (Lipinski definition) is 6. The summed E-state index contributed by atoms with van der Waals surface area (Å²) in [7, 11) is 0. The van der Waals surface area contributed by atoms with Gasteiger partial charge in [0.1, 0.15) is 12.2 Å². The summed E-state index contributed by atoms with van der Waals surface area (Å²) in [5.74, 6) is 0.644. The molecule has 0 saturated carbocycles. The molecule has 2 atom stereocenters. The highest BCUT2D eigenvalue weighted by Crippen LogP contribution is 2.29. The Morgan fingerprint density at radius 3 is 3.00 bits per heavy atom. The molecule has 0 bridgehead atoms. The van der Waals surface area contributed by atoms with Crippen molar-refractivity contribution in [2.75, 3.05) is 18.0 Å². The highest BCUT2D eigenvalue weighted by atomic mass is 32.1. The number of nitrogens with zero attached hydrogens (tertiary/aromatic N) is 4. The summed E-state index contributed by atoms with van der Waals surface area (Å²) in [5, 5.41) is 13.3. The van der Waals surface area contributed by atoms with Gasteiger partial charge in [0, 0.05) is 18.9 Å². The van der Waals surface area contributed by atoms with Crippen LogP contribution in [0.5, 0.6) is 0 Å². The molecule has 1 aliphatic rings. The third-order valence-corrected chi connectivity index (χ3v) is 3.96. The molecule has 0 aliphatic carbocycles. The number of morpholine rings is 1. The van der Waals surface area contributed by atoms with Crippen LogP contribution in [0.2, 0.25) is 0 Å². The third kappa shape index (κ3) is 2.50. The number of aromatic nitrogens is 2. The van der Waals surface area contributed by atoms with Crippen LogP contribution in [-0.2, 0) is 4.74 Å². The van der Waals surface area contributed by atoms with Crippen molar-refractivity contribution in [3.05, 3.63) is 40.5 Å².